The summed E-state index contributed by atoms with van der Waals surface area (Å²) < 4.78 is 5.94. The lowest BCUT2D eigenvalue weighted by molar-refractivity contribution is -0.386. The van der Waals surface area contributed by atoms with E-state index in [0.717, 1.165) is 10.1 Å². The molecule has 1 amide bonds. The van der Waals surface area contributed by atoms with E-state index in [9.17, 15) is 14.9 Å². The molecular formula is C15H11N3O4S. The van der Waals surface area contributed by atoms with E-state index in [1.807, 2.05) is 17.5 Å². The Labute approximate surface area is 134 Å². The molecule has 7 nitrogen and oxygen atoms in total. The second-order valence-electron chi connectivity index (χ2n) is 4.56. The number of aromatic nitrogens is 1. The zero-order valence-corrected chi connectivity index (χ0v) is 12.8. The Balaban J connectivity index is 2.01. The summed E-state index contributed by atoms with van der Waals surface area (Å²) in [5.41, 5.74) is -0.451. The fourth-order valence-corrected chi connectivity index (χ4v) is 3.01. The van der Waals surface area contributed by atoms with Crippen LogP contribution in [0.1, 0.15) is 10.4 Å². The zero-order chi connectivity index (χ0) is 16.4. The van der Waals surface area contributed by atoms with Crippen LogP contribution in [0.25, 0.3) is 10.1 Å². The topological polar surface area (TPSA) is 94.4 Å². The third-order valence-electron chi connectivity index (χ3n) is 3.26. The summed E-state index contributed by atoms with van der Waals surface area (Å²) in [6, 6.07) is 8.02. The minimum atomic E-state index is -0.633. The Hall–Kier alpha value is -3.00. The molecule has 2 heterocycles. The SMILES string of the molecule is COc1cccc(C(=O)Nc2nccc3sccc23)c1[N+](=O)[O-]. The van der Waals surface area contributed by atoms with Crippen molar-refractivity contribution >= 4 is 38.8 Å². The molecule has 0 aliphatic carbocycles. The lowest BCUT2D eigenvalue weighted by Gasteiger charge is -2.08. The number of benzene rings is 1. The van der Waals surface area contributed by atoms with Crippen LogP contribution in [0.15, 0.2) is 41.9 Å². The maximum Gasteiger partial charge on any atom is 0.323 e. The molecule has 0 saturated heterocycles. The van der Waals surface area contributed by atoms with Gasteiger partial charge in [0.2, 0.25) is 0 Å². The monoisotopic (exact) mass is 329 g/mol. The van der Waals surface area contributed by atoms with Crippen molar-refractivity contribution in [2.24, 2.45) is 0 Å². The van der Waals surface area contributed by atoms with Crippen LogP contribution in [0.4, 0.5) is 11.5 Å². The van der Waals surface area contributed by atoms with Gasteiger partial charge in [-0.1, -0.05) is 6.07 Å². The normalized spacial score (nSPS) is 10.5. The molecule has 0 spiro atoms. The summed E-state index contributed by atoms with van der Waals surface area (Å²) in [6.45, 7) is 0. The van der Waals surface area contributed by atoms with Gasteiger partial charge in [-0.05, 0) is 29.6 Å². The van der Waals surface area contributed by atoms with Crippen molar-refractivity contribution in [3.63, 3.8) is 0 Å². The van der Waals surface area contributed by atoms with Gasteiger partial charge in [0.15, 0.2) is 5.75 Å². The molecule has 0 fully saturated rings. The predicted octanol–water partition coefficient (Wildman–Crippen LogP) is 3.47. The van der Waals surface area contributed by atoms with Gasteiger partial charge in [-0.15, -0.1) is 11.3 Å². The molecule has 0 aliphatic rings. The Morgan fingerprint density at radius 1 is 1.35 bits per heavy atom. The first-order valence-electron chi connectivity index (χ1n) is 6.56. The van der Waals surface area contributed by atoms with Crippen molar-refractivity contribution in [2.45, 2.75) is 0 Å². The van der Waals surface area contributed by atoms with Gasteiger partial charge in [0.25, 0.3) is 5.91 Å². The van der Waals surface area contributed by atoms with Crippen molar-refractivity contribution in [3.05, 3.63) is 57.6 Å². The largest absolute Gasteiger partial charge is 0.490 e. The van der Waals surface area contributed by atoms with E-state index in [1.54, 1.807) is 6.20 Å². The third kappa shape index (κ3) is 2.71. The predicted molar refractivity (Wildman–Crippen MR) is 87.2 cm³/mol. The number of pyridine rings is 1. The lowest BCUT2D eigenvalue weighted by Crippen LogP contribution is -2.15. The number of rotatable bonds is 4. The number of nitro groups is 1. The first-order chi connectivity index (χ1) is 11.1. The van der Waals surface area contributed by atoms with Gasteiger partial charge >= 0.3 is 5.69 Å². The summed E-state index contributed by atoms with van der Waals surface area (Å²) in [7, 11) is 1.32. The number of fused-ring (bicyclic) bond motifs is 1. The first-order valence-corrected chi connectivity index (χ1v) is 7.44. The van der Waals surface area contributed by atoms with Crippen LogP contribution in [0.3, 0.4) is 0 Å². The summed E-state index contributed by atoms with van der Waals surface area (Å²) in [5.74, 6) is -0.211. The summed E-state index contributed by atoms with van der Waals surface area (Å²) in [6.07, 6.45) is 1.58. The molecule has 1 aromatic carbocycles. The minimum absolute atomic E-state index is 0.0318. The number of hydrogen-bond acceptors (Lipinski definition) is 6. The number of hydrogen-bond donors (Lipinski definition) is 1. The summed E-state index contributed by atoms with van der Waals surface area (Å²) in [5, 5.41) is 16.6. The van der Waals surface area contributed by atoms with Gasteiger partial charge in [-0.3, -0.25) is 14.9 Å². The smallest absolute Gasteiger partial charge is 0.323 e. The molecule has 2 aromatic heterocycles. The van der Waals surface area contributed by atoms with Crippen LogP contribution < -0.4 is 10.1 Å². The highest BCUT2D eigenvalue weighted by atomic mass is 32.1. The van der Waals surface area contributed by atoms with Crippen LogP contribution in [-0.4, -0.2) is 22.9 Å². The number of para-hydroxylation sites is 1. The highest BCUT2D eigenvalue weighted by molar-refractivity contribution is 7.17. The molecule has 0 atom stereocenters. The molecule has 0 radical (unpaired) electrons. The Kier molecular flexibility index (Phi) is 3.90. The van der Waals surface area contributed by atoms with Gasteiger partial charge in [0.05, 0.1) is 12.0 Å². The molecule has 0 bridgehead atoms. The zero-order valence-electron chi connectivity index (χ0n) is 12.0. The highest BCUT2D eigenvalue weighted by Gasteiger charge is 2.25. The Morgan fingerprint density at radius 3 is 2.91 bits per heavy atom. The number of carbonyl (C=O) groups excluding carboxylic acids is 1. The van der Waals surface area contributed by atoms with Crippen LogP contribution >= 0.6 is 11.3 Å². The molecule has 1 N–H and O–H groups in total. The van der Waals surface area contributed by atoms with E-state index < -0.39 is 10.8 Å². The molecule has 116 valence electrons. The number of thiophene rings is 1. The van der Waals surface area contributed by atoms with Crippen LogP contribution in [-0.2, 0) is 0 Å². The number of nitrogens with zero attached hydrogens (tertiary/aromatic N) is 2. The van der Waals surface area contributed by atoms with Crippen molar-refractivity contribution in [1.29, 1.82) is 0 Å². The van der Waals surface area contributed by atoms with Crippen molar-refractivity contribution in [2.75, 3.05) is 12.4 Å². The Morgan fingerprint density at radius 2 is 2.17 bits per heavy atom. The number of ether oxygens (including phenoxy) is 1. The Bertz CT molecular complexity index is 907. The number of nitro benzene ring substituents is 1. The molecule has 0 unspecified atom stereocenters. The molecule has 3 rings (SSSR count). The molecule has 0 aliphatic heterocycles. The number of methoxy groups -OCH3 is 1. The maximum absolute atomic E-state index is 12.5. The van der Waals surface area contributed by atoms with Gasteiger partial charge in [-0.25, -0.2) is 4.98 Å². The number of anilines is 1. The molecule has 3 aromatic rings. The van der Waals surface area contributed by atoms with E-state index in [0.29, 0.717) is 5.82 Å². The van der Waals surface area contributed by atoms with Crippen LogP contribution in [0.5, 0.6) is 5.75 Å². The minimum Gasteiger partial charge on any atom is -0.490 e. The van der Waals surface area contributed by atoms with Crippen molar-refractivity contribution in [1.82, 2.24) is 4.98 Å². The fraction of sp³-hybridized carbons (Fsp3) is 0.0667. The third-order valence-corrected chi connectivity index (χ3v) is 4.14. The lowest BCUT2D eigenvalue weighted by atomic mass is 10.1. The van der Waals surface area contributed by atoms with Crippen LogP contribution in [0, 0.1) is 10.1 Å². The van der Waals surface area contributed by atoms with Gasteiger partial charge in [-0.2, -0.15) is 0 Å². The quantitative estimate of drug-likeness (QED) is 0.584. The average molecular weight is 329 g/mol. The van der Waals surface area contributed by atoms with E-state index in [1.165, 1.54) is 36.6 Å². The fourth-order valence-electron chi connectivity index (χ4n) is 2.23. The average Bonchev–Trinajstić information content (AvgIpc) is 3.03. The second kappa shape index (κ2) is 6.01. The second-order valence-corrected chi connectivity index (χ2v) is 5.51. The summed E-state index contributed by atoms with van der Waals surface area (Å²) >= 11 is 1.52. The van der Waals surface area contributed by atoms with E-state index in [2.05, 4.69) is 10.3 Å². The number of nitrogens with one attached hydrogen (secondary N) is 1. The number of amides is 1. The standard InChI is InChI=1S/C15H11N3O4S/c1-22-11-4-2-3-10(13(11)18(20)21)15(19)17-14-9-6-8-23-12(9)5-7-16-14/h2-8H,1H3,(H,16,17,19). The highest BCUT2D eigenvalue weighted by Crippen LogP contribution is 2.32. The molecule has 0 saturated carbocycles. The van der Waals surface area contributed by atoms with Gasteiger partial charge in [0, 0.05) is 16.3 Å². The van der Waals surface area contributed by atoms with Gasteiger partial charge < -0.3 is 10.1 Å². The summed E-state index contributed by atoms with van der Waals surface area (Å²) in [4.78, 5) is 27.2. The first kappa shape index (κ1) is 14.9. The molecule has 23 heavy (non-hydrogen) atoms. The van der Waals surface area contributed by atoms with E-state index >= 15 is 0 Å². The van der Waals surface area contributed by atoms with Crippen molar-refractivity contribution in [3.8, 4) is 5.75 Å². The van der Waals surface area contributed by atoms with Crippen LogP contribution in [0.2, 0.25) is 0 Å². The van der Waals surface area contributed by atoms with Crippen molar-refractivity contribution < 1.29 is 14.5 Å². The maximum atomic E-state index is 12.5. The number of carbonyl (C=O) groups is 1. The van der Waals surface area contributed by atoms with E-state index in [-0.39, 0.29) is 17.0 Å². The molecule has 8 heteroatoms. The van der Waals surface area contributed by atoms with E-state index in [4.69, 9.17) is 4.74 Å². The molecular weight excluding hydrogens is 318 g/mol. The van der Waals surface area contributed by atoms with Gasteiger partial charge in [0.1, 0.15) is 11.4 Å².